The molecule has 6 heteroatoms. The molecular formula is C20H22N4O2. The van der Waals surface area contributed by atoms with Crippen LogP contribution in [-0.2, 0) is 4.74 Å². The molecule has 1 aromatic carbocycles. The smallest absolute Gasteiger partial charge is 0.260 e. The molecule has 0 radical (unpaired) electrons. The molecule has 1 aliphatic heterocycles. The fourth-order valence-electron chi connectivity index (χ4n) is 3.23. The zero-order valence-electron chi connectivity index (χ0n) is 15.0. The van der Waals surface area contributed by atoms with Crippen molar-refractivity contribution in [3.63, 3.8) is 0 Å². The number of anilines is 3. The highest BCUT2D eigenvalue weighted by molar-refractivity contribution is 5.76. The maximum Gasteiger partial charge on any atom is 0.260 e. The van der Waals surface area contributed by atoms with Crippen molar-refractivity contribution in [2.45, 2.75) is 13.8 Å². The lowest BCUT2D eigenvalue weighted by Crippen LogP contribution is -2.37. The van der Waals surface area contributed by atoms with Crippen molar-refractivity contribution >= 4 is 22.8 Å². The van der Waals surface area contributed by atoms with Gasteiger partial charge in [0.05, 0.1) is 18.9 Å². The van der Waals surface area contributed by atoms with E-state index in [-0.39, 0.29) is 5.56 Å². The largest absolute Gasteiger partial charge is 0.378 e. The van der Waals surface area contributed by atoms with E-state index in [1.54, 1.807) is 10.5 Å². The average Bonchev–Trinajstić information content (AvgIpc) is 2.65. The molecule has 1 N–H and O–H groups in total. The molecule has 0 saturated carbocycles. The Morgan fingerprint density at radius 3 is 2.62 bits per heavy atom. The normalized spacial score (nSPS) is 14.6. The van der Waals surface area contributed by atoms with Crippen molar-refractivity contribution in [3.05, 3.63) is 64.1 Å². The van der Waals surface area contributed by atoms with Gasteiger partial charge in [-0.05, 0) is 37.1 Å². The minimum Gasteiger partial charge on any atom is -0.378 e. The molecule has 1 aliphatic rings. The maximum atomic E-state index is 12.7. The van der Waals surface area contributed by atoms with Gasteiger partial charge in [0, 0.05) is 31.0 Å². The van der Waals surface area contributed by atoms with Gasteiger partial charge in [-0.2, -0.15) is 0 Å². The lowest BCUT2D eigenvalue weighted by molar-refractivity contribution is 0.122. The summed E-state index contributed by atoms with van der Waals surface area (Å²) in [6, 6.07) is 11.7. The Bertz CT molecular complexity index is 1010. The molecule has 0 atom stereocenters. The minimum absolute atomic E-state index is 0.0759. The van der Waals surface area contributed by atoms with Crippen molar-refractivity contribution in [2.24, 2.45) is 0 Å². The average molecular weight is 350 g/mol. The first-order valence-corrected chi connectivity index (χ1v) is 8.81. The molecule has 3 aromatic rings. The lowest BCUT2D eigenvalue weighted by Gasteiger charge is -2.28. The van der Waals surface area contributed by atoms with Crippen molar-refractivity contribution in [2.75, 3.05) is 36.5 Å². The fraction of sp³-hybridized carbons (Fsp3) is 0.300. The number of rotatable bonds is 3. The van der Waals surface area contributed by atoms with E-state index in [9.17, 15) is 4.79 Å². The van der Waals surface area contributed by atoms with Crippen LogP contribution in [0.15, 0.2) is 47.4 Å². The Balaban J connectivity index is 1.84. The summed E-state index contributed by atoms with van der Waals surface area (Å²) >= 11 is 0. The molecule has 26 heavy (non-hydrogen) atoms. The number of ether oxygens (including phenoxy) is 1. The van der Waals surface area contributed by atoms with Gasteiger partial charge in [-0.1, -0.05) is 18.2 Å². The molecule has 0 aliphatic carbocycles. The number of morpholine rings is 1. The third-order valence-electron chi connectivity index (χ3n) is 4.63. The molecule has 2 aromatic heterocycles. The van der Waals surface area contributed by atoms with E-state index in [1.807, 2.05) is 37.4 Å². The summed E-state index contributed by atoms with van der Waals surface area (Å²) in [5.74, 6) is 0.704. The van der Waals surface area contributed by atoms with Gasteiger partial charge in [-0.3, -0.25) is 9.20 Å². The number of hydrogen-bond acceptors (Lipinski definition) is 5. The molecular weight excluding hydrogens is 328 g/mol. The fourth-order valence-corrected chi connectivity index (χ4v) is 3.23. The zero-order valence-corrected chi connectivity index (χ0v) is 15.0. The van der Waals surface area contributed by atoms with Gasteiger partial charge in [-0.15, -0.1) is 0 Å². The van der Waals surface area contributed by atoms with Crippen LogP contribution in [0.1, 0.15) is 11.1 Å². The summed E-state index contributed by atoms with van der Waals surface area (Å²) < 4.78 is 7.02. The van der Waals surface area contributed by atoms with E-state index >= 15 is 0 Å². The van der Waals surface area contributed by atoms with E-state index < -0.39 is 0 Å². The first-order chi connectivity index (χ1) is 12.6. The van der Waals surface area contributed by atoms with Crippen LogP contribution in [-0.4, -0.2) is 35.7 Å². The second kappa shape index (κ2) is 6.80. The summed E-state index contributed by atoms with van der Waals surface area (Å²) in [7, 11) is 0. The summed E-state index contributed by atoms with van der Waals surface area (Å²) in [6.07, 6.45) is 1.83. The SMILES string of the molecule is Cc1cc(Nc2ccccc2C)c2nc(N3CCOCC3)cc(=O)n2c1. The van der Waals surface area contributed by atoms with Gasteiger partial charge in [0.25, 0.3) is 5.56 Å². The van der Waals surface area contributed by atoms with Gasteiger partial charge >= 0.3 is 0 Å². The number of hydrogen-bond donors (Lipinski definition) is 1. The minimum atomic E-state index is -0.0759. The predicted octanol–water partition coefficient (Wildman–Crippen LogP) is 2.89. The number of aryl methyl sites for hydroxylation is 2. The lowest BCUT2D eigenvalue weighted by atomic mass is 10.2. The molecule has 1 saturated heterocycles. The molecule has 4 rings (SSSR count). The van der Waals surface area contributed by atoms with Crippen LogP contribution in [0.5, 0.6) is 0 Å². The molecule has 0 amide bonds. The number of pyridine rings is 1. The highest BCUT2D eigenvalue weighted by Crippen LogP contribution is 2.25. The molecule has 6 nitrogen and oxygen atoms in total. The van der Waals surface area contributed by atoms with E-state index in [2.05, 4.69) is 23.2 Å². The number of nitrogens with zero attached hydrogens (tertiary/aromatic N) is 3. The van der Waals surface area contributed by atoms with Gasteiger partial charge in [-0.25, -0.2) is 4.98 Å². The van der Waals surface area contributed by atoms with Crippen molar-refractivity contribution < 1.29 is 4.74 Å². The summed E-state index contributed by atoms with van der Waals surface area (Å²) in [6.45, 7) is 6.83. The first kappa shape index (κ1) is 16.6. The Morgan fingerprint density at radius 1 is 1.08 bits per heavy atom. The molecule has 3 heterocycles. The first-order valence-electron chi connectivity index (χ1n) is 8.81. The number of nitrogens with one attached hydrogen (secondary N) is 1. The van der Waals surface area contributed by atoms with Crippen LogP contribution in [0, 0.1) is 13.8 Å². The van der Waals surface area contributed by atoms with Crippen LogP contribution in [0.2, 0.25) is 0 Å². The molecule has 0 unspecified atom stereocenters. The topological polar surface area (TPSA) is 58.9 Å². The van der Waals surface area contributed by atoms with Gasteiger partial charge in [0.15, 0.2) is 5.65 Å². The molecule has 0 spiro atoms. The van der Waals surface area contributed by atoms with Crippen LogP contribution in [0.3, 0.4) is 0 Å². The van der Waals surface area contributed by atoms with Crippen molar-refractivity contribution in [1.29, 1.82) is 0 Å². The van der Waals surface area contributed by atoms with E-state index in [0.29, 0.717) is 24.7 Å². The van der Waals surface area contributed by atoms with Crippen LogP contribution < -0.4 is 15.8 Å². The standard InChI is InChI=1S/C20H22N4O2/c1-14-11-17(21-16-6-4-3-5-15(16)2)20-22-18(12-19(25)24(20)13-14)23-7-9-26-10-8-23/h3-6,11-13,21H,7-10H2,1-2H3. The Labute approximate surface area is 152 Å². The predicted molar refractivity (Wildman–Crippen MR) is 104 cm³/mol. The van der Waals surface area contributed by atoms with Crippen LogP contribution in [0.25, 0.3) is 5.65 Å². The third-order valence-corrected chi connectivity index (χ3v) is 4.63. The molecule has 134 valence electrons. The molecule has 1 fully saturated rings. The van der Waals surface area contributed by atoms with Gasteiger partial charge in [0.2, 0.25) is 0 Å². The highest BCUT2D eigenvalue weighted by atomic mass is 16.5. The summed E-state index contributed by atoms with van der Waals surface area (Å²) in [5, 5.41) is 3.45. The Morgan fingerprint density at radius 2 is 1.85 bits per heavy atom. The van der Waals surface area contributed by atoms with Crippen LogP contribution >= 0.6 is 0 Å². The number of benzene rings is 1. The number of para-hydroxylation sites is 1. The summed E-state index contributed by atoms with van der Waals surface area (Å²) in [4.78, 5) is 19.6. The van der Waals surface area contributed by atoms with E-state index in [4.69, 9.17) is 9.72 Å². The highest BCUT2D eigenvalue weighted by Gasteiger charge is 2.16. The van der Waals surface area contributed by atoms with E-state index in [0.717, 1.165) is 35.6 Å². The summed E-state index contributed by atoms with van der Waals surface area (Å²) in [5.41, 5.74) is 4.52. The number of aromatic nitrogens is 2. The maximum absolute atomic E-state index is 12.7. The number of fused-ring (bicyclic) bond motifs is 1. The van der Waals surface area contributed by atoms with Gasteiger partial charge < -0.3 is 15.0 Å². The quantitative estimate of drug-likeness (QED) is 0.787. The third kappa shape index (κ3) is 3.15. The van der Waals surface area contributed by atoms with Crippen molar-refractivity contribution in [3.8, 4) is 0 Å². The Kier molecular flexibility index (Phi) is 4.34. The Hall–Kier alpha value is -2.86. The van der Waals surface area contributed by atoms with Crippen molar-refractivity contribution in [1.82, 2.24) is 9.38 Å². The second-order valence-electron chi connectivity index (χ2n) is 6.62. The van der Waals surface area contributed by atoms with Crippen LogP contribution in [0.4, 0.5) is 17.2 Å². The second-order valence-corrected chi connectivity index (χ2v) is 6.62. The monoisotopic (exact) mass is 350 g/mol. The molecule has 0 bridgehead atoms. The zero-order chi connectivity index (χ0) is 18.1. The van der Waals surface area contributed by atoms with Gasteiger partial charge in [0.1, 0.15) is 5.82 Å². The van der Waals surface area contributed by atoms with E-state index in [1.165, 1.54) is 0 Å².